The number of nitrogens with two attached hydrogens (primary N) is 1. The highest BCUT2D eigenvalue weighted by Gasteiger charge is 2.05. The predicted octanol–water partition coefficient (Wildman–Crippen LogP) is 3.75. The fourth-order valence-corrected chi connectivity index (χ4v) is 1.53. The molecule has 2 nitrogen and oxygen atoms in total. The van der Waals surface area contributed by atoms with Crippen molar-refractivity contribution in [3.63, 3.8) is 0 Å². The van der Waals surface area contributed by atoms with Crippen molar-refractivity contribution in [1.29, 1.82) is 0 Å². The Bertz CT molecular complexity index is 336. The molecule has 0 bridgehead atoms. The molecular formula is C12H17NOS. The van der Waals surface area contributed by atoms with Crippen molar-refractivity contribution in [3.8, 4) is 0 Å². The smallest absolute Gasteiger partial charge is 0.120 e. The standard InChI is InChI=1S/C8H13NO.C4H4S/c1-3-7(9)8-4-6(2)5-10-8;1-2-4-5-3-1/h4-5,7H,3,9H2,1-2H3;1-4H. The lowest BCUT2D eigenvalue weighted by Crippen LogP contribution is -2.06. The number of hydrogen-bond acceptors (Lipinski definition) is 3. The van der Waals surface area contributed by atoms with E-state index in [-0.39, 0.29) is 6.04 Å². The molecule has 0 aliphatic heterocycles. The maximum Gasteiger partial charge on any atom is 0.120 e. The normalized spacial score (nSPS) is 11.7. The second-order valence-corrected chi connectivity index (χ2v) is 4.15. The van der Waals surface area contributed by atoms with E-state index in [1.807, 2.05) is 42.8 Å². The maximum atomic E-state index is 5.71. The largest absolute Gasteiger partial charge is 0.467 e. The average Bonchev–Trinajstić information content (AvgIpc) is 2.89. The topological polar surface area (TPSA) is 39.2 Å². The van der Waals surface area contributed by atoms with E-state index in [0.717, 1.165) is 17.7 Å². The van der Waals surface area contributed by atoms with Crippen molar-refractivity contribution < 1.29 is 4.42 Å². The minimum Gasteiger partial charge on any atom is -0.467 e. The summed E-state index contributed by atoms with van der Waals surface area (Å²) in [6.45, 7) is 4.04. The highest BCUT2D eigenvalue weighted by molar-refractivity contribution is 7.07. The van der Waals surface area contributed by atoms with Crippen molar-refractivity contribution >= 4 is 11.3 Å². The van der Waals surface area contributed by atoms with Gasteiger partial charge in [0, 0.05) is 0 Å². The highest BCUT2D eigenvalue weighted by Crippen LogP contribution is 2.15. The van der Waals surface area contributed by atoms with Gasteiger partial charge in [0.25, 0.3) is 0 Å². The fraction of sp³-hybridized carbons (Fsp3) is 0.333. The van der Waals surface area contributed by atoms with Crippen molar-refractivity contribution in [2.45, 2.75) is 26.3 Å². The van der Waals surface area contributed by atoms with Crippen LogP contribution in [0.3, 0.4) is 0 Å². The first-order valence-corrected chi connectivity index (χ1v) is 5.96. The number of furan rings is 1. The molecule has 0 spiro atoms. The van der Waals surface area contributed by atoms with Gasteiger partial charge in [0.2, 0.25) is 0 Å². The zero-order valence-electron chi connectivity index (χ0n) is 9.14. The van der Waals surface area contributed by atoms with Crippen LogP contribution in [0.1, 0.15) is 30.7 Å². The first-order valence-electron chi connectivity index (χ1n) is 5.01. The molecule has 0 saturated carbocycles. The number of hydrogen-bond donors (Lipinski definition) is 1. The van der Waals surface area contributed by atoms with Gasteiger partial charge in [-0.1, -0.05) is 19.1 Å². The predicted molar refractivity (Wildman–Crippen MR) is 65.0 cm³/mol. The van der Waals surface area contributed by atoms with Crippen LogP contribution in [0.25, 0.3) is 0 Å². The summed E-state index contributed by atoms with van der Waals surface area (Å²) in [6.07, 6.45) is 2.65. The first-order chi connectivity index (χ1) is 7.24. The summed E-state index contributed by atoms with van der Waals surface area (Å²) < 4.78 is 5.19. The molecule has 1 unspecified atom stereocenters. The Morgan fingerprint density at radius 2 is 2.07 bits per heavy atom. The Balaban J connectivity index is 0.000000187. The Labute approximate surface area is 94.7 Å². The maximum absolute atomic E-state index is 5.71. The van der Waals surface area contributed by atoms with E-state index in [2.05, 4.69) is 0 Å². The summed E-state index contributed by atoms with van der Waals surface area (Å²) >= 11 is 1.71. The second-order valence-electron chi connectivity index (χ2n) is 3.33. The molecule has 82 valence electrons. The molecule has 3 heteroatoms. The summed E-state index contributed by atoms with van der Waals surface area (Å²) in [5.74, 6) is 0.889. The third-order valence-corrected chi connectivity index (χ3v) is 2.61. The van der Waals surface area contributed by atoms with Gasteiger partial charge in [-0.3, -0.25) is 0 Å². The summed E-state index contributed by atoms with van der Waals surface area (Å²) in [5, 5.41) is 4.08. The van der Waals surface area contributed by atoms with Gasteiger partial charge in [-0.15, -0.1) is 0 Å². The minimum atomic E-state index is 0.0636. The molecule has 0 aliphatic rings. The average molecular weight is 223 g/mol. The van der Waals surface area contributed by atoms with Crippen LogP contribution >= 0.6 is 11.3 Å². The van der Waals surface area contributed by atoms with E-state index < -0.39 is 0 Å². The molecule has 0 aromatic carbocycles. The molecule has 0 amide bonds. The van der Waals surface area contributed by atoms with Crippen LogP contribution in [0.5, 0.6) is 0 Å². The second kappa shape index (κ2) is 6.43. The third-order valence-electron chi connectivity index (χ3n) is 1.98. The Hall–Kier alpha value is -1.06. The van der Waals surface area contributed by atoms with Crippen molar-refractivity contribution in [2.75, 3.05) is 0 Å². The van der Waals surface area contributed by atoms with Gasteiger partial charge >= 0.3 is 0 Å². The van der Waals surface area contributed by atoms with E-state index >= 15 is 0 Å². The van der Waals surface area contributed by atoms with Crippen molar-refractivity contribution in [1.82, 2.24) is 0 Å². The van der Waals surface area contributed by atoms with Crippen LogP contribution in [-0.4, -0.2) is 0 Å². The summed E-state index contributed by atoms with van der Waals surface area (Å²) in [6, 6.07) is 6.08. The first kappa shape index (κ1) is 12.0. The van der Waals surface area contributed by atoms with Crippen LogP contribution in [0.15, 0.2) is 39.6 Å². The summed E-state index contributed by atoms with van der Waals surface area (Å²) in [4.78, 5) is 0. The van der Waals surface area contributed by atoms with E-state index in [4.69, 9.17) is 10.2 Å². The van der Waals surface area contributed by atoms with E-state index in [1.165, 1.54) is 0 Å². The van der Waals surface area contributed by atoms with Crippen molar-refractivity contribution in [3.05, 3.63) is 46.5 Å². The lowest BCUT2D eigenvalue weighted by Gasteiger charge is -2.01. The van der Waals surface area contributed by atoms with Gasteiger partial charge in [0.1, 0.15) is 5.76 Å². The molecule has 0 saturated heterocycles. The van der Waals surface area contributed by atoms with Gasteiger partial charge in [-0.25, -0.2) is 0 Å². The zero-order chi connectivity index (χ0) is 11.1. The molecule has 2 rings (SSSR count). The monoisotopic (exact) mass is 223 g/mol. The van der Waals surface area contributed by atoms with Gasteiger partial charge in [0.05, 0.1) is 12.3 Å². The molecule has 2 heterocycles. The number of aryl methyl sites for hydroxylation is 1. The van der Waals surface area contributed by atoms with Gasteiger partial charge in [0.15, 0.2) is 0 Å². The lowest BCUT2D eigenvalue weighted by atomic mass is 10.2. The Morgan fingerprint density at radius 1 is 1.40 bits per heavy atom. The summed E-state index contributed by atoms with van der Waals surface area (Å²) in [5.41, 5.74) is 6.85. The Morgan fingerprint density at radius 3 is 2.40 bits per heavy atom. The van der Waals surface area contributed by atoms with Crippen LogP contribution in [0.2, 0.25) is 0 Å². The molecule has 2 aromatic rings. The van der Waals surface area contributed by atoms with Crippen molar-refractivity contribution in [2.24, 2.45) is 5.73 Å². The van der Waals surface area contributed by atoms with Gasteiger partial charge in [-0.2, -0.15) is 11.3 Å². The van der Waals surface area contributed by atoms with Gasteiger partial charge in [-0.05, 0) is 35.7 Å². The SMILES string of the molecule is CCC(N)c1cc(C)co1.c1ccsc1. The van der Waals surface area contributed by atoms with E-state index in [9.17, 15) is 0 Å². The van der Waals surface area contributed by atoms with Crippen LogP contribution in [-0.2, 0) is 0 Å². The molecular weight excluding hydrogens is 206 g/mol. The van der Waals surface area contributed by atoms with E-state index in [1.54, 1.807) is 17.6 Å². The Kier molecular flexibility index (Phi) is 5.15. The molecule has 2 N–H and O–H groups in total. The van der Waals surface area contributed by atoms with Crippen LogP contribution in [0.4, 0.5) is 0 Å². The molecule has 0 radical (unpaired) electrons. The summed E-state index contributed by atoms with van der Waals surface area (Å²) in [7, 11) is 0. The lowest BCUT2D eigenvalue weighted by molar-refractivity contribution is 0.460. The molecule has 1 atom stereocenters. The molecule has 0 aliphatic carbocycles. The third kappa shape index (κ3) is 4.32. The van der Waals surface area contributed by atoms with Crippen LogP contribution in [0, 0.1) is 6.92 Å². The minimum absolute atomic E-state index is 0.0636. The highest BCUT2D eigenvalue weighted by atomic mass is 32.1. The van der Waals surface area contributed by atoms with Crippen LogP contribution < -0.4 is 5.73 Å². The van der Waals surface area contributed by atoms with Gasteiger partial charge < -0.3 is 10.2 Å². The quantitative estimate of drug-likeness (QED) is 0.842. The number of rotatable bonds is 2. The fourth-order valence-electron chi connectivity index (χ4n) is 1.08. The molecule has 2 aromatic heterocycles. The molecule has 0 fully saturated rings. The number of thiophene rings is 1. The zero-order valence-corrected chi connectivity index (χ0v) is 9.96. The van der Waals surface area contributed by atoms with E-state index in [0.29, 0.717) is 0 Å². The molecule has 15 heavy (non-hydrogen) atoms.